The van der Waals surface area contributed by atoms with E-state index >= 15 is 0 Å². The van der Waals surface area contributed by atoms with Gasteiger partial charge < -0.3 is 11.1 Å². The molecule has 1 unspecified atom stereocenters. The third kappa shape index (κ3) is 4.29. The van der Waals surface area contributed by atoms with Crippen LogP contribution >= 0.6 is 0 Å². The Balaban J connectivity index is 3.07. The summed E-state index contributed by atoms with van der Waals surface area (Å²) >= 11 is 0. The summed E-state index contributed by atoms with van der Waals surface area (Å²) in [5.74, 6) is -2.69. The molecule has 7 nitrogen and oxygen atoms in total. The van der Waals surface area contributed by atoms with Gasteiger partial charge in [0.1, 0.15) is 6.54 Å². The highest BCUT2D eigenvalue weighted by Gasteiger charge is 2.48. The molecule has 0 bridgehead atoms. The second-order valence-electron chi connectivity index (χ2n) is 5.12. The number of nitrogens with two attached hydrogens (primary N) is 1. The van der Waals surface area contributed by atoms with E-state index in [2.05, 4.69) is 11.9 Å². The standard InChI is InChI=1S/C15H19N3O4S/c1-2-10-23(21,22)11-6-12-5-3-4-7-15(12,13(17)19)14(20)18-9-8-16/h2-5,7,12H,1,6,9-11H2,(H2,17,19)(H,18,20)/t12?,15-/m1/s1. The van der Waals surface area contributed by atoms with E-state index in [0.717, 1.165) is 0 Å². The first-order valence-electron chi connectivity index (χ1n) is 6.92. The smallest absolute Gasteiger partial charge is 0.241 e. The van der Waals surface area contributed by atoms with E-state index in [1.807, 2.05) is 0 Å². The molecule has 0 heterocycles. The Labute approximate surface area is 135 Å². The van der Waals surface area contributed by atoms with Gasteiger partial charge in [0.15, 0.2) is 15.3 Å². The first-order chi connectivity index (χ1) is 10.8. The molecule has 8 heteroatoms. The van der Waals surface area contributed by atoms with Crippen LogP contribution in [0.1, 0.15) is 6.42 Å². The Morgan fingerprint density at radius 1 is 1.43 bits per heavy atom. The highest BCUT2D eigenvalue weighted by atomic mass is 32.2. The fourth-order valence-corrected chi connectivity index (χ4v) is 3.60. The average molecular weight is 337 g/mol. The summed E-state index contributed by atoms with van der Waals surface area (Å²) in [6.45, 7) is 3.12. The summed E-state index contributed by atoms with van der Waals surface area (Å²) in [7, 11) is -3.36. The first-order valence-corrected chi connectivity index (χ1v) is 8.75. The van der Waals surface area contributed by atoms with Gasteiger partial charge in [0.2, 0.25) is 11.8 Å². The maximum atomic E-state index is 12.4. The number of carbonyl (C=O) groups is 2. The largest absolute Gasteiger partial charge is 0.368 e. The van der Waals surface area contributed by atoms with Crippen molar-refractivity contribution >= 4 is 21.7 Å². The lowest BCUT2D eigenvalue weighted by Crippen LogP contribution is -2.53. The zero-order valence-corrected chi connectivity index (χ0v) is 13.4. The van der Waals surface area contributed by atoms with Crippen molar-refractivity contribution in [1.29, 1.82) is 5.26 Å². The Hall–Kier alpha value is -2.40. The highest BCUT2D eigenvalue weighted by molar-refractivity contribution is 7.91. The second kappa shape index (κ2) is 7.74. The molecule has 0 fully saturated rings. The molecular weight excluding hydrogens is 318 g/mol. The van der Waals surface area contributed by atoms with Crippen LogP contribution in [0.4, 0.5) is 0 Å². The van der Waals surface area contributed by atoms with Gasteiger partial charge in [-0.05, 0) is 6.42 Å². The Morgan fingerprint density at radius 3 is 2.70 bits per heavy atom. The van der Waals surface area contributed by atoms with Crippen LogP contribution in [0.3, 0.4) is 0 Å². The van der Waals surface area contributed by atoms with Crippen molar-refractivity contribution in [2.24, 2.45) is 17.1 Å². The normalized spacial score (nSPS) is 23.0. The van der Waals surface area contributed by atoms with Crippen molar-refractivity contribution in [3.8, 4) is 6.07 Å². The number of amides is 2. The van der Waals surface area contributed by atoms with E-state index in [4.69, 9.17) is 11.0 Å². The molecular formula is C15H19N3O4S. The fourth-order valence-electron chi connectivity index (χ4n) is 2.46. The highest BCUT2D eigenvalue weighted by Crippen LogP contribution is 2.36. The van der Waals surface area contributed by atoms with Gasteiger partial charge in [0.05, 0.1) is 17.6 Å². The molecule has 1 aliphatic rings. The molecule has 1 aliphatic carbocycles. The van der Waals surface area contributed by atoms with E-state index in [1.54, 1.807) is 18.2 Å². The van der Waals surface area contributed by atoms with Gasteiger partial charge in [0, 0.05) is 5.92 Å². The summed E-state index contributed by atoms with van der Waals surface area (Å²) in [6.07, 6.45) is 7.41. The first kappa shape index (κ1) is 18.6. The van der Waals surface area contributed by atoms with Crippen LogP contribution in [-0.2, 0) is 19.4 Å². The van der Waals surface area contributed by atoms with Gasteiger partial charge in [-0.25, -0.2) is 8.42 Å². The number of nitrogens with zero attached hydrogens (tertiary/aromatic N) is 1. The van der Waals surface area contributed by atoms with Gasteiger partial charge in [-0.1, -0.05) is 30.4 Å². The molecule has 0 spiro atoms. The van der Waals surface area contributed by atoms with Crippen LogP contribution < -0.4 is 11.1 Å². The van der Waals surface area contributed by atoms with Gasteiger partial charge in [0.25, 0.3) is 0 Å². The predicted octanol–water partition coefficient (Wildman–Crippen LogP) is -0.169. The van der Waals surface area contributed by atoms with Crippen molar-refractivity contribution in [2.45, 2.75) is 6.42 Å². The van der Waals surface area contributed by atoms with Crippen molar-refractivity contribution in [1.82, 2.24) is 5.32 Å². The molecule has 0 aromatic heterocycles. The lowest BCUT2D eigenvalue weighted by Gasteiger charge is -2.34. The number of primary amides is 1. The van der Waals surface area contributed by atoms with Crippen molar-refractivity contribution in [3.63, 3.8) is 0 Å². The number of hydrogen-bond donors (Lipinski definition) is 2. The molecule has 0 saturated heterocycles. The molecule has 0 saturated carbocycles. The van der Waals surface area contributed by atoms with Crippen molar-refractivity contribution in [2.75, 3.05) is 18.1 Å². The third-order valence-electron chi connectivity index (χ3n) is 3.62. The molecule has 0 aromatic carbocycles. The maximum Gasteiger partial charge on any atom is 0.241 e. The predicted molar refractivity (Wildman–Crippen MR) is 85.5 cm³/mol. The number of hydrogen-bond acceptors (Lipinski definition) is 5. The molecule has 0 aromatic rings. The number of rotatable bonds is 8. The summed E-state index contributed by atoms with van der Waals surface area (Å²) in [5, 5.41) is 10.9. The van der Waals surface area contributed by atoms with Crippen molar-refractivity contribution < 1.29 is 18.0 Å². The van der Waals surface area contributed by atoms with E-state index in [9.17, 15) is 18.0 Å². The van der Waals surface area contributed by atoms with Crippen LogP contribution in [0.5, 0.6) is 0 Å². The summed E-state index contributed by atoms with van der Waals surface area (Å²) in [6, 6.07) is 1.75. The molecule has 0 radical (unpaired) electrons. The molecule has 124 valence electrons. The SMILES string of the molecule is C=CCS(=O)(=O)CCC1C=CC=C[C@@]1(C(N)=O)C(=O)NCC#N. The van der Waals surface area contributed by atoms with E-state index in [1.165, 1.54) is 18.2 Å². The number of nitrogens with one attached hydrogen (secondary N) is 1. The minimum Gasteiger partial charge on any atom is -0.368 e. The Bertz CT molecular complexity index is 688. The zero-order chi connectivity index (χ0) is 17.5. The summed E-state index contributed by atoms with van der Waals surface area (Å²) in [4.78, 5) is 24.3. The number of sulfone groups is 1. The van der Waals surface area contributed by atoms with Crippen LogP contribution in [-0.4, -0.2) is 38.3 Å². The number of allylic oxidation sites excluding steroid dienone is 3. The topological polar surface area (TPSA) is 130 Å². The number of carbonyl (C=O) groups excluding carboxylic acids is 2. The van der Waals surface area contributed by atoms with Crippen LogP contribution in [0.25, 0.3) is 0 Å². The molecule has 1 rings (SSSR count). The van der Waals surface area contributed by atoms with Gasteiger partial charge >= 0.3 is 0 Å². The van der Waals surface area contributed by atoms with Crippen LogP contribution in [0.2, 0.25) is 0 Å². The molecule has 3 N–H and O–H groups in total. The zero-order valence-electron chi connectivity index (χ0n) is 12.6. The molecule has 0 aliphatic heterocycles. The fraction of sp³-hybridized carbons (Fsp3) is 0.400. The van der Waals surface area contributed by atoms with E-state index in [0.29, 0.717) is 0 Å². The minimum absolute atomic E-state index is 0.0555. The lowest BCUT2D eigenvalue weighted by atomic mass is 9.70. The van der Waals surface area contributed by atoms with Gasteiger partial charge in [-0.2, -0.15) is 5.26 Å². The minimum atomic E-state index is -3.36. The van der Waals surface area contributed by atoms with E-state index in [-0.39, 0.29) is 24.5 Å². The third-order valence-corrected chi connectivity index (χ3v) is 5.22. The number of nitriles is 1. The second-order valence-corrected chi connectivity index (χ2v) is 7.35. The summed E-state index contributed by atoms with van der Waals surface area (Å²) in [5.41, 5.74) is 3.73. The van der Waals surface area contributed by atoms with E-state index < -0.39 is 33.0 Å². The molecule has 23 heavy (non-hydrogen) atoms. The average Bonchev–Trinajstić information content (AvgIpc) is 2.50. The maximum absolute atomic E-state index is 12.4. The molecule has 2 amide bonds. The molecule has 2 atom stereocenters. The Morgan fingerprint density at radius 2 is 2.13 bits per heavy atom. The van der Waals surface area contributed by atoms with Crippen LogP contribution in [0.15, 0.2) is 37.0 Å². The van der Waals surface area contributed by atoms with Crippen molar-refractivity contribution in [3.05, 3.63) is 37.0 Å². The quantitative estimate of drug-likeness (QED) is 0.361. The monoisotopic (exact) mass is 337 g/mol. The van der Waals surface area contributed by atoms with Gasteiger partial charge in [-0.3, -0.25) is 9.59 Å². The van der Waals surface area contributed by atoms with Gasteiger partial charge in [-0.15, -0.1) is 6.58 Å². The lowest BCUT2D eigenvalue weighted by molar-refractivity contribution is -0.140. The Kier molecular flexibility index (Phi) is 6.28. The summed E-state index contributed by atoms with van der Waals surface area (Å²) < 4.78 is 23.6. The van der Waals surface area contributed by atoms with Crippen LogP contribution in [0, 0.1) is 22.7 Å².